The van der Waals surface area contributed by atoms with E-state index in [9.17, 15) is 14.0 Å². The number of hydrogen-bond donors (Lipinski definition) is 1. The number of nitrogens with one attached hydrogen (secondary N) is 1. The summed E-state index contributed by atoms with van der Waals surface area (Å²) < 4.78 is 18.4. The third-order valence-electron chi connectivity index (χ3n) is 3.26. The molecule has 0 bridgehead atoms. The highest BCUT2D eigenvalue weighted by atomic mass is 19.1. The van der Waals surface area contributed by atoms with Crippen molar-refractivity contribution in [2.45, 2.75) is 32.4 Å². The molecule has 1 aliphatic rings. The van der Waals surface area contributed by atoms with Gasteiger partial charge >= 0.3 is 6.03 Å². The minimum atomic E-state index is -0.480. The van der Waals surface area contributed by atoms with Crippen molar-refractivity contribution in [1.29, 1.82) is 0 Å². The minimum Gasteiger partial charge on any atom is -0.496 e. The van der Waals surface area contributed by atoms with Gasteiger partial charge in [0.25, 0.3) is 5.91 Å². The fraction of sp³-hybridized carbons (Fsp3) is 0.429. The lowest BCUT2D eigenvalue weighted by Gasteiger charge is -2.15. The summed E-state index contributed by atoms with van der Waals surface area (Å²) in [6.07, 6.45) is 1.40. The lowest BCUT2D eigenvalue weighted by Crippen LogP contribution is -2.31. The Hall–Kier alpha value is -2.11. The van der Waals surface area contributed by atoms with E-state index in [1.807, 2.05) is 6.92 Å². The maximum atomic E-state index is 13.3. The van der Waals surface area contributed by atoms with Gasteiger partial charge in [-0.25, -0.2) is 9.18 Å². The lowest BCUT2D eigenvalue weighted by atomic mass is 10.1. The Kier molecular flexibility index (Phi) is 4.22. The number of carbonyl (C=O) groups is 2. The van der Waals surface area contributed by atoms with Gasteiger partial charge in [0.05, 0.1) is 13.7 Å². The molecule has 0 radical (unpaired) electrons. The number of amides is 3. The van der Waals surface area contributed by atoms with Crippen LogP contribution in [0.25, 0.3) is 0 Å². The molecule has 1 fully saturated rings. The summed E-state index contributed by atoms with van der Waals surface area (Å²) in [5.74, 6) is -0.257. The van der Waals surface area contributed by atoms with Crippen LogP contribution in [0.3, 0.4) is 0 Å². The first-order chi connectivity index (χ1) is 9.56. The van der Waals surface area contributed by atoms with Crippen LogP contribution >= 0.6 is 0 Å². The SMILES string of the molecule is CCC[C@H]1NC(=O)N(Cc2cc(F)ccc2OC)C1=O. The molecule has 0 aromatic heterocycles. The Morgan fingerprint density at radius 3 is 2.80 bits per heavy atom. The standard InChI is InChI=1S/C14H17FN2O3/c1-3-4-11-13(18)17(14(19)16-11)8-9-7-10(15)5-6-12(9)20-2/h5-7,11H,3-4,8H2,1-2H3,(H,16,19)/t11-/m1/s1. The molecule has 1 aliphatic heterocycles. The Labute approximate surface area is 116 Å². The molecule has 5 nitrogen and oxygen atoms in total. The average molecular weight is 280 g/mol. The Bertz CT molecular complexity index is 533. The van der Waals surface area contributed by atoms with Crippen molar-refractivity contribution in [3.05, 3.63) is 29.6 Å². The molecular weight excluding hydrogens is 263 g/mol. The van der Waals surface area contributed by atoms with Crippen LogP contribution in [0.4, 0.5) is 9.18 Å². The zero-order valence-electron chi connectivity index (χ0n) is 11.5. The second-order valence-electron chi connectivity index (χ2n) is 4.67. The van der Waals surface area contributed by atoms with Gasteiger partial charge in [-0.3, -0.25) is 9.69 Å². The molecule has 0 aliphatic carbocycles. The van der Waals surface area contributed by atoms with E-state index in [0.717, 1.165) is 11.3 Å². The van der Waals surface area contributed by atoms with Crippen LogP contribution < -0.4 is 10.1 Å². The largest absolute Gasteiger partial charge is 0.496 e. The highest BCUT2D eigenvalue weighted by molar-refractivity contribution is 6.04. The summed E-state index contributed by atoms with van der Waals surface area (Å²) in [6.45, 7) is 1.95. The van der Waals surface area contributed by atoms with Crippen molar-refractivity contribution in [1.82, 2.24) is 10.2 Å². The first kappa shape index (κ1) is 14.3. The molecule has 20 heavy (non-hydrogen) atoms. The third kappa shape index (κ3) is 2.74. The van der Waals surface area contributed by atoms with Crippen molar-refractivity contribution >= 4 is 11.9 Å². The van der Waals surface area contributed by atoms with Gasteiger partial charge in [-0.15, -0.1) is 0 Å². The predicted octanol–water partition coefficient (Wildman–Crippen LogP) is 2.05. The molecule has 0 spiro atoms. The number of urea groups is 1. The summed E-state index contributed by atoms with van der Waals surface area (Å²) in [5, 5.41) is 2.63. The molecule has 6 heteroatoms. The van der Waals surface area contributed by atoms with E-state index in [-0.39, 0.29) is 12.5 Å². The summed E-state index contributed by atoms with van der Waals surface area (Å²) in [6, 6.07) is 3.10. The topological polar surface area (TPSA) is 58.6 Å². The van der Waals surface area contributed by atoms with Crippen molar-refractivity contribution < 1.29 is 18.7 Å². The summed E-state index contributed by atoms with van der Waals surface area (Å²) in [7, 11) is 1.46. The molecule has 1 saturated heterocycles. The second-order valence-corrected chi connectivity index (χ2v) is 4.67. The maximum Gasteiger partial charge on any atom is 0.325 e. The molecule has 0 saturated carbocycles. The predicted molar refractivity (Wildman–Crippen MR) is 70.7 cm³/mol. The fourth-order valence-corrected chi connectivity index (χ4v) is 2.25. The molecule has 1 N–H and O–H groups in total. The molecule has 108 valence electrons. The summed E-state index contributed by atoms with van der Waals surface area (Å²) in [4.78, 5) is 25.0. The Morgan fingerprint density at radius 2 is 2.15 bits per heavy atom. The number of benzene rings is 1. The number of carbonyl (C=O) groups excluding carboxylic acids is 2. The molecular formula is C14H17FN2O3. The van der Waals surface area contributed by atoms with E-state index in [1.54, 1.807) is 0 Å². The van der Waals surface area contributed by atoms with Crippen LogP contribution in [-0.4, -0.2) is 30.0 Å². The van der Waals surface area contributed by atoms with Gasteiger partial charge in [0, 0.05) is 5.56 Å². The number of halogens is 1. The Balaban J connectivity index is 2.19. The second kappa shape index (κ2) is 5.90. The molecule has 2 rings (SSSR count). The van der Waals surface area contributed by atoms with E-state index >= 15 is 0 Å². The smallest absolute Gasteiger partial charge is 0.325 e. The van der Waals surface area contributed by atoms with Gasteiger partial charge in [0.15, 0.2) is 0 Å². The van der Waals surface area contributed by atoms with E-state index < -0.39 is 17.9 Å². The molecule has 1 aromatic carbocycles. The van der Waals surface area contributed by atoms with Crippen molar-refractivity contribution in [3.63, 3.8) is 0 Å². The number of hydrogen-bond acceptors (Lipinski definition) is 3. The lowest BCUT2D eigenvalue weighted by molar-refractivity contribution is -0.128. The van der Waals surface area contributed by atoms with Gasteiger partial charge < -0.3 is 10.1 Å². The average Bonchev–Trinajstić information content (AvgIpc) is 2.67. The third-order valence-corrected chi connectivity index (χ3v) is 3.26. The van der Waals surface area contributed by atoms with Gasteiger partial charge in [-0.2, -0.15) is 0 Å². The van der Waals surface area contributed by atoms with E-state index in [0.29, 0.717) is 17.7 Å². The van der Waals surface area contributed by atoms with Gasteiger partial charge in [0.1, 0.15) is 17.6 Å². The number of methoxy groups -OCH3 is 1. The van der Waals surface area contributed by atoms with Crippen LogP contribution in [0.5, 0.6) is 5.75 Å². The summed E-state index contributed by atoms with van der Waals surface area (Å²) in [5.41, 5.74) is 0.466. The van der Waals surface area contributed by atoms with Crippen LogP contribution in [0, 0.1) is 5.82 Å². The number of rotatable bonds is 5. The molecule has 3 amide bonds. The van der Waals surface area contributed by atoms with E-state index in [4.69, 9.17) is 4.74 Å². The molecule has 1 aromatic rings. The van der Waals surface area contributed by atoms with Gasteiger partial charge in [-0.1, -0.05) is 13.3 Å². The Morgan fingerprint density at radius 1 is 1.40 bits per heavy atom. The quantitative estimate of drug-likeness (QED) is 0.840. The molecule has 1 atom stereocenters. The van der Waals surface area contributed by atoms with E-state index in [1.165, 1.54) is 25.3 Å². The first-order valence-electron chi connectivity index (χ1n) is 6.51. The minimum absolute atomic E-state index is 0.00577. The zero-order valence-corrected chi connectivity index (χ0v) is 11.5. The maximum absolute atomic E-state index is 13.3. The van der Waals surface area contributed by atoms with Crippen LogP contribution in [0.15, 0.2) is 18.2 Å². The van der Waals surface area contributed by atoms with Crippen molar-refractivity contribution in [2.75, 3.05) is 7.11 Å². The first-order valence-corrected chi connectivity index (χ1v) is 6.51. The van der Waals surface area contributed by atoms with Gasteiger partial charge in [0.2, 0.25) is 0 Å². The molecule has 1 heterocycles. The monoisotopic (exact) mass is 280 g/mol. The fourth-order valence-electron chi connectivity index (χ4n) is 2.25. The van der Waals surface area contributed by atoms with Gasteiger partial charge in [-0.05, 0) is 24.6 Å². The highest BCUT2D eigenvalue weighted by Crippen LogP contribution is 2.23. The number of nitrogens with zero attached hydrogens (tertiary/aromatic N) is 1. The van der Waals surface area contributed by atoms with E-state index in [2.05, 4.69) is 5.32 Å². The highest BCUT2D eigenvalue weighted by Gasteiger charge is 2.37. The molecule has 0 unspecified atom stereocenters. The van der Waals surface area contributed by atoms with Crippen LogP contribution in [0.2, 0.25) is 0 Å². The van der Waals surface area contributed by atoms with Crippen LogP contribution in [-0.2, 0) is 11.3 Å². The number of ether oxygens (including phenoxy) is 1. The normalized spacial score (nSPS) is 18.4. The zero-order chi connectivity index (χ0) is 14.7. The van der Waals surface area contributed by atoms with Crippen molar-refractivity contribution in [2.24, 2.45) is 0 Å². The summed E-state index contributed by atoms with van der Waals surface area (Å²) >= 11 is 0. The number of imide groups is 1. The van der Waals surface area contributed by atoms with Crippen molar-refractivity contribution in [3.8, 4) is 5.75 Å². The van der Waals surface area contributed by atoms with Crippen LogP contribution in [0.1, 0.15) is 25.3 Å².